The molecule has 0 unspecified atom stereocenters. The molecular weight excluding hydrogens is 354 g/mol. The lowest BCUT2D eigenvalue weighted by molar-refractivity contribution is -0.136. The van der Waals surface area contributed by atoms with Gasteiger partial charge in [0.2, 0.25) is 5.78 Å². The first-order chi connectivity index (χ1) is 12.4. The van der Waals surface area contributed by atoms with Crippen molar-refractivity contribution in [2.24, 2.45) is 0 Å². The Labute approximate surface area is 158 Å². The third-order valence-corrected chi connectivity index (χ3v) is 4.23. The summed E-state index contributed by atoms with van der Waals surface area (Å²) in [6.07, 6.45) is 2.87. The molecule has 2 aromatic rings. The summed E-state index contributed by atoms with van der Waals surface area (Å²) in [5.74, 6) is -0.808. The summed E-state index contributed by atoms with van der Waals surface area (Å²) in [5.41, 5.74) is 3.15. The van der Waals surface area contributed by atoms with Crippen LogP contribution in [-0.2, 0) is 20.8 Å². The summed E-state index contributed by atoms with van der Waals surface area (Å²) >= 11 is 5.89. The molecule has 0 atom stereocenters. The molecule has 1 aromatic carbocycles. The van der Waals surface area contributed by atoms with Crippen LogP contribution in [0.3, 0.4) is 0 Å². The molecule has 0 aliphatic rings. The van der Waals surface area contributed by atoms with Gasteiger partial charge in [0.25, 0.3) is 0 Å². The summed E-state index contributed by atoms with van der Waals surface area (Å²) in [4.78, 5) is 24.2. The minimum absolute atomic E-state index is 0.230. The van der Waals surface area contributed by atoms with Crippen molar-refractivity contribution in [3.8, 4) is 0 Å². The van der Waals surface area contributed by atoms with E-state index in [-0.39, 0.29) is 12.4 Å². The third-order valence-electron chi connectivity index (χ3n) is 4.00. The molecule has 138 valence electrons. The Bertz CT molecular complexity index is 823. The van der Waals surface area contributed by atoms with E-state index < -0.39 is 5.97 Å². The molecule has 1 aromatic heterocycles. The predicted molar refractivity (Wildman–Crippen MR) is 102 cm³/mol. The fourth-order valence-corrected chi connectivity index (χ4v) is 2.85. The average molecular weight is 376 g/mol. The lowest BCUT2D eigenvalue weighted by Crippen LogP contribution is -2.14. The maximum atomic E-state index is 12.4. The van der Waals surface area contributed by atoms with Gasteiger partial charge in [0.1, 0.15) is 0 Å². The van der Waals surface area contributed by atoms with E-state index >= 15 is 0 Å². The Balaban J connectivity index is 1.95. The van der Waals surface area contributed by atoms with Crippen molar-refractivity contribution >= 4 is 29.4 Å². The molecule has 0 saturated heterocycles. The molecule has 0 spiro atoms. The highest BCUT2D eigenvalue weighted by Crippen LogP contribution is 2.16. The number of ketones is 1. The molecule has 0 radical (unpaired) electrons. The quantitative estimate of drug-likeness (QED) is 0.399. The second kappa shape index (κ2) is 9.36. The van der Waals surface area contributed by atoms with Crippen LogP contribution in [0.15, 0.2) is 36.4 Å². The van der Waals surface area contributed by atoms with Crippen LogP contribution in [0.1, 0.15) is 27.3 Å². The summed E-state index contributed by atoms with van der Waals surface area (Å²) < 4.78 is 12.1. The van der Waals surface area contributed by atoms with E-state index in [4.69, 9.17) is 21.1 Å². The van der Waals surface area contributed by atoms with Gasteiger partial charge in [-0.25, -0.2) is 4.79 Å². The second-order valence-electron chi connectivity index (χ2n) is 5.85. The van der Waals surface area contributed by atoms with Gasteiger partial charge in [-0.2, -0.15) is 0 Å². The van der Waals surface area contributed by atoms with E-state index in [1.54, 1.807) is 31.4 Å². The minimum atomic E-state index is -0.577. The highest BCUT2D eigenvalue weighted by atomic mass is 35.5. The Morgan fingerprint density at radius 1 is 1.23 bits per heavy atom. The second-order valence-corrected chi connectivity index (χ2v) is 6.28. The van der Waals surface area contributed by atoms with Crippen molar-refractivity contribution < 1.29 is 19.1 Å². The van der Waals surface area contributed by atoms with Crippen LogP contribution in [0, 0.1) is 13.8 Å². The van der Waals surface area contributed by atoms with E-state index in [1.165, 1.54) is 6.08 Å². The molecule has 0 aliphatic heterocycles. The zero-order chi connectivity index (χ0) is 19.1. The number of esters is 1. The molecule has 1 heterocycles. The third kappa shape index (κ3) is 5.31. The SMILES string of the molecule is COCCn1c(C)cc(C(=O)COC(=O)/C=C/c2cccc(Cl)c2)c1C. The molecular formula is C20H22ClNO4. The van der Waals surface area contributed by atoms with E-state index in [0.717, 1.165) is 17.0 Å². The topological polar surface area (TPSA) is 57.5 Å². The van der Waals surface area contributed by atoms with E-state index in [2.05, 4.69) is 0 Å². The minimum Gasteiger partial charge on any atom is -0.454 e. The Kier molecular flexibility index (Phi) is 7.18. The molecule has 0 aliphatic carbocycles. The van der Waals surface area contributed by atoms with Crippen molar-refractivity contribution in [1.29, 1.82) is 0 Å². The van der Waals surface area contributed by atoms with Crippen LogP contribution in [0.4, 0.5) is 0 Å². The summed E-state index contributed by atoms with van der Waals surface area (Å²) in [6.45, 7) is 4.74. The molecule has 5 nitrogen and oxygen atoms in total. The largest absolute Gasteiger partial charge is 0.454 e. The number of carbonyl (C=O) groups excluding carboxylic acids is 2. The average Bonchev–Trinajstić information content (AvgIpc) is 2.90. The van der Waals surface area contributed by atoms with Crippen LogP contribution in [0.2, 0.25) is 5.02 Å². The van der Waals surface area contributed by atoms with E-state index in [0.29, 0.717) is 23.7 Å². The molecule has 0 N–H and O–H groups in total. The van der Waals surface area contributed by atoms with Crippen molar-refractivity contribution in [2.75, 3.05) is 20.3 Å². The lowest BCUT2D eigenvalue weighted by Gasteiger charge is -2.08. The molecule has 0 bridgehead atoms. The molecule has 6 heteroatoms. The number of ether oxygens (including phenoxy) is 2. The van der Waals surface area contributed by atoms with Gasteiger partial charge in [-0.05, 0) is 43.7 Å². The van der Waals surface area contributed by atoms with Crippen molar-refractivity contribution in [1.82, 2.24) is 4.57 Å². The fraction of sp³-hybridized carbons (Fsp3) is 0.300. The number of aromatic nitrogens is 1. The monoisotopic (exact) mass is 375 g/mol. The molecule has 26 heavy (non-hydrogen) atoms. The van der Waals surface area contributed by atoms with Crippen molar-refractivity contribution in [3.63, 3.8) is 0 Å². The van der Waals surface area contributed by atoms with Gasteiger partial charge in [0.15, 0.2) is 6.61 Å². The normalized spacial score (nSPS) is 11.1. The number of Topliss-reactive ketones (excluding diaryl/α,β-unsaturated/α-hetero) is 1. The summed E-state index contributed by atoms with van der Waals surface area (Å²) in [5, 5.41) is 0.583. The summed E-state index contributed by atoms with van der Waals surface area (Å²) in [7, 11) is 1.64. The maximum Gasteiger partial charge on any atom is 0.331 e. The first-order valence-electron chi connectivity index (χ1n) is 8.21. The molecule has 0 fully saturated rings. The van der Waals surface area contributed by atoms with Gasteiger partial charge in [0.05, 0.1) is 6.61 Å². The van der Waals surface area contributed by atoms with E-state index in [1.807, 2.05) is 30.5 Å². The Morgan fingerprint density at radius 2 is 2.00 bits per heavy atom. The summed E-state index contributed by atoms with van der Waals surface area (Å²) in [6, 6.07) is 8.89. The Morgan fingerprint density at radius 3 is 2.69 bits per heavy atom. The standard InChI is InChI=1S/C20H22ClNO4/c1-14-11-18(15(2)22(14)9-10-25-3)19(23)13-26-20(24)8-7-16-5-4-6-17(21)12-16/h4-8,11-12H,9-10,13H2,1-3H3/b8-7+. The van der Waals surface area contributed by atoms with Gasteiger partial charge >= 0.3 is 5.97 Å². The van der Waals surface area contributed by atoms with Gasteiger partial charge < -0.3 is 14.0 Å². The lowest BCUT2D eigenvalue weighted by atomic mass is 10.1. The number of hydrogen-bond acceptors (Lipinski definition) is 4. The number of aryl methyl sites for hydroxylation is 1. The molecule has 0 amide bonds. The number of carbonyl (C=O) groups is 2. The van der Waals surface area contributed by atoms with Gasteiger partial charge in [-0.1, -0.05) is 23.7 Å². The number of hydrogen-bond donors (Lipinski definition) is 0. The fourth-order valence-electron chi connectivity index (χ4n) is 2.65. The number of nitrogens with zero attached hydrogens (tertiary/aromatic N) is 1. The smallest absolute Gasteiger partial charge is 0.331 e. The molecule has 0 saturated carbocycles. The van der Waals surface area contributed by atoms with Gasteiger partial charge in [-0.3, -0.25) is 4.79 Å². The highest BCUT2D eigenvalue weighted by Gasteiger charge is 2.16. The van der Waals surface area contributed by atoms with Crippen LogP contribution in [0.25, 0.3) is 6.08 Å². The Hall–Kier alpha value is -2.37. The zero-order valence-corrected chi connectivity index (χ0v) is 15.9. The highest BCUT2D eigenvalue weighted by molar-refractivity contribution is 6.30. The molecule has 2 rings (SSSR count). The number of rotatable bonds is 8. The number of benzene rings is 1. The predicted octanol–water partition coefficient (Wildman–Crippen LogP) is 3.84. The number of methoxy groups -OCH3 is 1. The first-order valence-corrected chi connectivity index (χ1v) is 8.59. The van der Waals surface area contributed by atoms with Crippen LogP contribution in [0.5, 0.6) is 0 Å². The van der Waals surface area contributed by atoms with Gasteiger partial charge in [-0.15, -0.1) is 0 Å². The number of halogens is 1. The van der Waals surface area contributed by atoms with Crippen LogP contribution in [-0.4, -0.2) is 36.6 Å². The van der Waals surface area contributed by atoms with Crippen LogP contribution < -0.4 is 0 Å². The van der Waals surface area contributed by atoms with Crippen molar-refractivity contribution in [3.05, 3.63) is 63.9 Å². The van der Waals surface area contributed by atoms with Crippen molar-refractivity contribution in [2.45, 2.75) is 20.4 Å². The van der Waals surface area contributed by atoms with Crippen LogP contribution >= 0.6 is 11.6 Å². The van der Waals surface area contributed by atoms with E-state index in [9.17, 15) is 9.59 Å². The maximum absolute atomic E-state index is 12.4. The van der Waals surface area contributed by atoms with Gasteiger partial charge in [0, 0.05) is 41.7 Å². The first kappa shape index (κ1) is 19.9. The zero-order valence-electron chi connectivity index (χ0n) is 15.1.